The molecule has 11 heavy (non-hydrogen) atoms. The van der Waals surface area contributed by atoms with Gasteiger partial charge in [0.05, 0.1) is 0 Å². The summed E-state index contributed by atoms with van der Waals surface area (Å²) in [6.07, 6.45) is 9.53. The second-order valence-electron chi connectivity index (χ2n) is 4.71. The maximum absolute atomic E-state index is 2.50. The zero-order valence-electron chi connectivity index (χ0n) is 7.69. The van der Waals surface area contributed by atoms with Gasteiger partial charge in [-0.3, -0.25) is 0 Å². The number of fused-ring (bicyclic) bond motifs is 2. The van der Waals surface area contributed by atoms with Crippen LogP contribution in [0.4, 0.5) is 0 Å². The Morgan fingerprint density at radius 3 is 2.91 bits per heavy atom. The van der Waals surface area contributed by atoms with Crippen LogP contribution in [0.1, 0.15) is 46.0 Å². The van der Waals surface area contributed by atoms with Crippen LogP contribution in [-0.4, -0.2) is 0 Å². The summed E-state index contributed by atoms with van der Waals surface area (Å²) in [6, 6.07) is 0. The van der Waals surface area contributed by atoms with Gasteiger partial charge in [-0.05, 0) is 43.4 Å². The molecule has 0 saturated heterocycles. The van der Waals surface area contributed by atoms with Gasteiger partial charge < -0.3 is 0 Å². The highest BCUT2D eigenvalue weighted by molar-refractivity contribution is 5.13. The van der Waals surface area contributed by atoms with E-state index in [-0.39, 0.29) is 0 Å². The van der Waals surface area contributed by atoms with Gasteiger partial charge in [0.1, 0.15) is 0 Å². The molecule has 0 aliphatic heterocycles. The number of hydrogen-bond donors (Lipinski definition) is 0. The van der Waals surface area contributed by atoms with Crippen molar-refractivity contribution in [2.45, 2.75) is 46.0 Å². The van der Waals surface area contributed by atoms with Crippen molar-refractivity contribution >= 4 is 0 Å². The quantitative estimate of drug-likeness (QED) is 0.502. The van der Waals surface area contributed by atoms with Crippen molar-refractivity contribution in [3.8, 4) is 0 Å². The molecule has 1 fully saturated rings. The summed E-state index contributed by atoms with van der Waals surface area (Å²) in [5, 5.41) is 0. The lowest BCUT2D eigenvalue weighted by Crippen LogP contribution is -2.32. The van der Waals surface area contributed by atoms with Crippen LogP contribution in [0, 0.1) is 11.3 Å². The predicted molar refractivity (Wildman–Crippen MR) is 48.4 cm³/mol. The first-order chi connectivity index (χ1) is 5.22. The highest BCUT2D eigenvalue weighted by atomic mass is 14.5. The van der Waals surface area contributed by atoms with Crippen molar-refractivity contribution in [1.82, 2.24) is 0 Å². The topological polar surface area (TPSA) is 0 Å². The van der Waals surface area contributed by atoms with Gasteiger partial charge in [-0.15, -0.1) is 0 Å². The molecule has 0 atom stereocenters. The number of rotatable bonds is 1. The molecule has 3 aliphatic rings. The van der Waals surface area contributed by atoms with Crippen LogP contribution in [0.15, 0.2) is 11.6 Å². The first kappa shape index (κ1) is 7.39. The van der Waals surface area contributed by atoms with E-state index in [0.717, 1.165) is 5.92 Å². The van der Waals surface area contributed by atoms with E-state index >= 15 is 0 Å². The summed E-state index contributed by atoms with van der Waals surface area (Å²) >= 11 is 0. The van der Waals surface area contributed by atoms with E-state index in [2.05, 4.69) is 19.9 Å². The van der Waals surface area contributed by atoms with E-state index in [1.807, 2.05) is 0 Å². The highest BCUT2D eigenvalue weighted by Crippen LogP contribution is 2.53. The van der Waals surface area contributed by atoms with Crippen LogP contribution in [0.3, 0.4) is 0 Å². The Hall–Kier alpha value is -0.260. The molecule has 0 radical (unpaired) electrons. The fourth-order valence-corrected chi connectivity index (χ4v) is 2.87. The van der Waals surface area contributed by atoms with Gasteiger partial charge >= 0.3 is 0 Å². The van der Waals surface area contributed by atoms with Crippen molar-refractivity contribution in [2.24, 2.45) is 11.3 Å². The second kappa shape index (κ2) is 2.36. The zero-order valence-corrected chi connectivity index (χ0v) is 7.69. The van der Waals surface area contributed by atoms with Crippen LogP contribution >= 0.6 is 0 Å². The summed E-state index contributed by atoms with van der Waals surface area (Å²) in [5.74, 6) is 1.05. The lowest BCUT2D eigenvalue weighted by atomic mass is 9.61. The van der Waals surface area contributed by atoms with Crippen molar-refractivity contribution in [3.63, 3.8) is 0 Å². The predicted octanol–water partition coefficient (Wildman–Crippen LogP) is 3.53. The second-order valence-corrected chi connectivity index (χ2v) is 4.71. The van der Waals surface area contributed by atoms with Gasteiger partial charge in [-0.1, -0.05) is 25.5 Å². The van der Waals surface area contributed by atoms with E-state index < -0.39 is 0 Å². The SMILES string of the molecule is CCC1=CCC2CC(C)(C1)C2. The van der Waals surface area contributed by atoms with E-state index in [1.54, 1.807) is 5.57 Å². The monoisotopic (exact) mass is 150 g/mol. The van der Waals surface area contributed by atoms with Gasteiger partial charge in [0.15, 0.2) is 0 Å². The Balaban J connectivity index is 2.10. The third kappa shape index (κ3) is 1.23. The summed E-state index contributed by atoms with van der Waals surface area (Å²) in [6.45, 7) is 4.75. The molecule has 0 aromatic heterocycles. The molecule has 3 rings (SSSR count). The molecule has 0 aromatic carbocycles. The fourth-order valence-electron chi connectivity index (χ4n) is 2.87. The first-order valence-electron chi connectivity index (χ1n) is 4.90. The largest absolute Gasteiger partial charge is 0.0850 e. The van der Waals surface area contributed by atoms with Crippen molar-refractivity contribution in [2.75, 3.05) is 0 Å². The third-order valence-electron chi connectivity index (χ3n) is 3.41. The molecule has 3 aliphatic carbocycles. The molecule has 62 valence electrons. The van der Waals surface area contributed by atoms with Crippen molar-refractivity contribution in [1.29, 1.82) is 0 Å². The zero-order chi connectivity index (χ0) is 7.90. The van der Waals surface area contributed by atoms with Gasteiger partial charge in [-0.25, -0.2) is 0 Å². The molecule has 2 bridgehead atoms. The molecule has 0 nitrogen and oxygen atoms in total. The molecule has 1 saturated carbocycles. The highest BCUT2D eigenvalue weighted by Gasteiger charge is 2.41. The van der Waals surface area contributed by atoms with Crippen molar-refractivity contribution in [3.05, 3.63) is 11.6 Å². The normalized spacial score (nSPS) is 42.4. The summed E-state index contributed by atoms with van der Waals surface area (Å²) in [4.78, 5) is 0. The van der Waals surface area contributed by atoms with Crippen LogP contribution in [-0.2, 0) is 0 Å². The molecular weight excluding hydrogens is 132 g/mol. The average Bonchev–Trinajstić information content (AvgIpc) is 2.15. The third-order valence-corrected chi connectivity index (χ3v) is 3.41. The lowest BCUT2D eigenvalue weighted by Gasteiger charge is -2.43. The number of allylic oxidation sites excluding steroid dienone is 2. The standard InChI is InChI=1S/C11H18/c1-3-9-4-5-10-7-11(2,6-9)8-10/h4,10H,3,5-8H2,1-2H3. The van der Waals surface area contributed by atoms with Gasteiger partial charge in [0.2, 0.25) is 0 Å². The molecular formula is C11H18. The minimum Gasteiger partial charge on any atom is -0.0850 e. The minimum absolute atomic E-state index is 0.711. The van der Waals surface area contributed by atoms with Crippen LogP contribution in [0.5, 0.6) is 0 Å². The molecule has 0 aromatic rings. The molecule has 0 spiro atoms. The van der Waals surface area contributed by atoms with E-state index in [1.165, 1.54) is 32.1 Å². The van der Waals surface area contributed by atoms with E-state index in [0.29, 0.717) is 5.41 Å². The van der Waals surface area contributed by atoms with E-state index in [4.69, 9.17) is 0 Å². The smallest absolute Gasteiger partial charge is 0.0266 e. The molecule has 0 amide bonds. The Morgan fingerprint density at radius 1 is 1.55 bits per heavy atom. The minimum atomic E-state index is 0.711. The van der Waals surface area contributed by atoms with Crippen LogP contribution in [0.25, 0.3) is 0 Å². The van der Waals surface area contributed by atoms with Crippen LogP contribution in [0.2, 0.25) is 0 Å². The maximum atomic E-state index is 2.50. The fraction of sp³-hybridized carbons (Fsp3) is 0.818. The Labute approximate surface area is 69.7 Å². The molecule has 0 unspecified atom stereocenters. The molecule has 0 N–H and O–H groups in total. The Kier molecular flexibility index (Phi) is 1.59. The first-order valence-corrected chi connectivity index (χ1v) is 4.90. The van der Waals surface area contributed by atoms with Gasteiger partial charge in [0.25, 0.3) is 0 Å². The number of hydrogen-bond acceptors (Lipinski definition) is 0. The van der Waals surface area contributed by atoms with E-state index in [9.17, 15) is 0 Å². The van der Waals surface area contributed by atoms with Gasteiger partial charge in [-0.2, -0.15) is 0 Å². The summed E-state index contributed by atoms with van der Waals surface area (Å²) < 4.78 is 0. The molecule has 0 heterocycles. The maximum Gasteiger partial charge on any atom is -0.0266 e. The Morgan fingerprint density at radius 2 is 2.27 bits per heavy atom. The summed E-state index contributed by atoms with van der Waals surface area (Å²) in [7, 11) is 0. The van der Waals surface area contributed by atoms with Crippen molar-refractivity contribution < 1.29 is 0 Å². The molecule has 0 heteroatoms. The summed E-state index contributed by atoms with van der Waals surface area (Å²) in [5.41, 5.74) is 2.43. The lowest BCUT2D eigenvalue weighted by molar-refractivity contribution is 0.0847. The van der Waals surface area contributed by atoms with Crippen LogP contribution < -0.4 is 0 Å². The average molecular weight is 150 g/mol. The Bertz CT molecular complexity index is 182. The van der Waals surface area contributed by atoms with Gasteiger partial charge in [0, 0.05) is 0 Å².